The van der Waals surface area contributed by atoms with Gasteiger partial charge in [0.05, 0.1) is 16.9 Å². The fourth-order valence-corrected chi connectivity index (χ4v) is 2.74. The SMILES string of the molecule is COc1ccc([N+](=O)[O-])c(Sc2ccc(Cl)cc2N)c1. The quantitative estimate of drug-likeness (QED) is 0.525. The molecule has 0 saturated heterocycles. The topological polar surface area (TPSA) is 78.4 Å². The standard InChI is InChI=1S/C13H11ClN2O3S/c1-19-9-3-4-11(16(17)18)13(7-9)20-12-5-2-8(14)6-10(12)15/h2-7H,15H2,1H3. The largest absolute Gasteiger partial charge is 0.497 e. The summed E-state index contributed by atoms with van der Waals surface area (Å²) in [6.45, 7) is 0. The van der Waals surface area contributed by atoms with E-state index in [0.717, 1.165) is 0 Å². The third-order valence-electron chi connectivity index (χ3n) is 2.56. The van der Waals surface area contributed by atoms with Crippen molar-refractivity contribution in [3.63, 3.8) is 0 Å². The van der Waals surface area contributed by atoms with E-state index in [0.29, 0.717) is 26.3 Å². The first kappa shape index (κ1) is 14.5. The second kappa shape index (κ2) is 6.02. The molecule has 0 aliphatic rings. The molecule has 2 aromatic carbocycles. The van der Waals surface area contributed by atoms with Gasteiger partial charge in [0.2, 0.25) is 0 Å². The molecule has 0 aromatic heterocycles. The first-order chi connectivity index (χ1) is 9.51. The van der Waals surface area contributed by atoms with Crippen LogP contribution in [-0.2, 0) is 0 Å². The number of ether oxygens (including phenoxy) is 1. The first-order valence-electron chi connectivity index (χ1n) is 5.56. The summed E-state index contributed by atoms with van der Waals surface area (Å²) in [5, 5.41) is 11.6. The lowest BCUT2D eigenvalue weighted by molar-refractivity contribution is -0.387. The van der Waals surface area contributed by atoms with Crippen LogP contribution in [0.4, 0.5) is 11.4 Å². The number of benzene rings is 2. The van der Waals surface area contributed by atoms with E-state index in [2.05, 4.69) is 0 Å². The Balaban J connectivity index is 2.43. The predicted octanol–water partition coefficient (Wildman–Crippen LogP) is 3.99. The number of hydrogen-bond donors (Lipinski definition) is 1. The van der Waals surface area contributed by atoms with E-state index in [-0.39, 0.29) is 5.69 Å². The summed E-state index contributed by atoms with van der Waals surface area (Å²) in [5.41, 5.74) is 6.34. The number of nitro benzene ring substituents is 1. The Morgan fingerprint density at radius 2 is 2.00 bits per heavy atom. The molecule has 104 valence electrons. The Kier molecular flexibility index (Phi) is 4.36. The van der Waals surface area contributed by atoms with Gasteiger partial charge < -0.3 is 10.5 Å². The van der Waals surface area contributed by atoms with Crippen molar-refractivity contribution in [3.8, 4) is 5.75 Å². The number of nitro groups is 1. The van der Waals surface area contributed by atoms with Crippen molar-refractivity contribution in [2.24, 2.45) is 0 Å². The zero-order valence-electron chi connectivity index (χ0n) is 10.5. The maximum atomic E-state index is 11.0. The molecule has 0 heterocycles. The van der Waals surface area contributed by atoms with Gasteiger partial charge in [-0.1, -0.05) is 23.4 Å². The third-order valence-corrected chi connectivity index (χ3v) is 3.93. The van der Waals surface area contributed by atoms with Gasteiger partial charge in [-0.3, -0.25) is 10.1 Å². The molecule has 2 N–H and O–H groups in total. The van der Waals surface area contributed by atoms with Crippen LogP contribution >= 0.6 is 23.4 Å². The van der Waals surface area contributed by atoms with Crippen molar-refractivity contribution in [2.45, 2.75) is 9.79 Å². The maximum Gasteiger partial charge on any atom is 0.283 e. The van der Waals surface area contributed by atoms with Gasteiger partial charge in [0.1, 0.15) is 5.75 Å². The Hall–Kier alpha value is -1.92. The van der Waals surface area contributed by atoms with Crippen molar-refractivity contribution < 1.29 is 9.66 Å². The summed E-state index contributed by atoms with van der Waals surface area (Å²) < 4.78 is 5.09. The van der Waals surface area contributed by atoms with Crippen LogP contribution in [-0.4, -0.2) is 12.0 Å². The number of anilines is 1. The van der Waals surface area contributed by atoms with E-state index >= 15 is 0 Å². The highest BCUT2D eigenvalue weighted by Gasteiger charge is 2.16. The molecule has 0 fully saturated rings. The summed E-state index contributed by atoms with van der Waals surface area (Å²) in [4.78, 5) is 11.8. The predicted molar refractivity (Wildman–Crippen MR) is 79.6 cm³/mol. The van der Waals surface area contributed by atoms with E-state index in [9.17, 15) is 10.1 Å². The molecule has 0 aliphatic carbocycles. The van der Waals surface area contributed by atoms with Gasteiger partial charge >= 0.3 is 0 Å². The molecule has 7 heteroatoms. The van der Waals surface area contributed by atoms with Crippen LogP contribution < -0.4 is 10.5 Å². The molecule has 2 aromatic rings. The van der Waals surface area contributed by atoms with Gasteiger partial charge in [0.25, 0.3) is 5.69 Å². The monoisotopic (exact) mass is 310 g/mol. The fraction of sp³-hybridized carbons (Fsp3) is 0.0769. The van der Waals surface area contributed by atoms with Crippen molar-refractivity contribution in [2.75, 3.05) is 12.8 Å². The lowest BCUT2D eigenvalue weighted by atomic mass is 10.3. The second-order valence-corrected chi connectivity index (χ2v) is 5.40. The van der Waals surface area contributed by atoms with Crippen molar-refractivity contribution in [1.29, 1.82) is 0 Å². The zero-order valence-corrected chi connectivity index (χ0v) is 12.1. The van der Waals surface area contributed by atoms with Crippen LogP contribution in [0.25, 0.3) is 0 Å². The summed E-state index contributed by atoms with van der Waals surface area (Å²) in [6, 6.07) is 9.59. The van der Waals surface area contributed by atoms with Gasteiger partial charge in [-0.25, -0.2) is 0 Å². The van der Waals surface area contributed by atoms with E-state index in [1.165, 1.54) is 24.9 Å². The Morgan fingerprint density at radius 1 is 1.25 bits per heavy atom. The minimum Gasteiger partial charge on any atom is -0.497 e. The smallest absolute Gasteiger partial charge is 0.283 e. The molecule has 5 nitrogen and oxygen atoms in total. The van der Waals surface area contributed by atoms with E-state index in [4.69, 9.17) is 22.1 Å². The number of rotatable bonds is 4. The molecule has 0 unspecified atom stereocenters. The number of halogens is 1. The number of methoxy groups -OCH3 is 1. The molecular weight excluding hydrogens is 300 g/mol. The van der Waals surface area contributed by atoms with Gasteiger partial charge in [0.15, 0.2) is 0 Å². The molecule has 0 aliphatic heterocycles. The summed E-state index contributed by atoms with van der Waals surface area (Å²) in [5.74, 6) is 0.547. The lowest BCUT2D eigenvalue weighted by Crippen LogP contribution is -1.93. The fourth-order valence-electron chi connectivity index (χ4n) is 1.58. The molecule has 0 bridgehead atoms. The first-order valence-corrected chi connectivity index (χ1v) is 6.76. The van der Waals surface area contributed by atoms with Gasteiger partial charge in [-0.2, -0.15) is 0 Å². The average Bonchev–Trinajstić information content (AvgIpc) is 2.41. The van der Waals surface area contributed by atoms with Crippen LogP contribution in [0.15, 0.2) is 46.2 Å². The van der Waals surface area contributed by atoms with Crippen LogP contribution in [0.3, 0.4) is 0 Å². The minimum absolute atomic E-state index is 0.00477. The van der Waals surface area contributed by atoms with E-state index in [1.807, 2.05) is 0 Å². The Morgan fingerprint density at radius 3 is 2.60 bits per heavy atom. The number of hydrogen-bond acceptors (Lipinski definition) is 5. The molecule has 0 amide bonds. The molecule has 2 rings (SSSR count). The number of nitrogens with two attached hydrogens (primary N) is 1. The summed E-state index contributed by atoms with van der Waals surface area (Å²) >= 11 is 7.03. The highest BCUT2D eigenvalue weighted by Crippen LogP contribution is 2.39. The zero-order chi connectivity index (χ0) is 14.7. The van der Waals surface area contributed by atoms with E-state index in [1.54, 1.807) is 30.3 Å². The number of nitrogens with zero attached hydrogens (tertiary/aromatic N) is 1. The Labute approximate surface area is 124 Å². The van der Waals surface area contributed by atoms with Crippen LogP contribution in [0.1, 0.15) is 0 Å². The van der Waals surface area contributed by atoms with Gasteiger partial charge in [0, 0.05) is 27.7 Å². The normalized spacial score (nSPS) is 10.3. The van der Waals surface area contributed by atoms with Crippen LogP contribution in [0, 0.1) is 10.1 Å². The number of nitrogen functional groups attached to an aromatic ring is 1. The van der Waals surface area contributed by atoms with Gasteiger partial charge in [-0.05, 0) is 24.3 Å². The van der Waals surface area contributed by atoms with Crippen LogP contribution in [0.2, 0.25) is 5.02 Å². The maximum absolute atomic E-state index is 11.0. The highest BCUT2D eigenvalue weighted by molar-refractivity contribution is 7.99. The van der Waals surface area contributed by atoms with Crippen molar-refractivity contribution >= 4 is 34.7 Å². The van der Waals surface area contributed by atoms with Crippen molar-refractivity contribution in [1.82, 2.24) is 0 Å². The molecule has 20 heavy (non-hydrogen) atoms. The van der Waals surface area contributed by atoms with E-state index < -0.39 is 4.92 Å². The van der Waals surface area contributed by atoms with Crippen LogP contribution in [0.5, 0.6) is 5.75 Å². The molecule has 0 spiro atoms. The minimum atomic E-state index is -0.437. The summed E-state index contributed by atoms with van der Waals surface area (Å²) in [7, 11) is 1.51. The van der Waals surface area contributed by atoms with Gasteiger partial charge in [-0.15, -0.1) is 0 Å². The molecule has 0 radical (unpaired) electrons. The molecular formula is C13H11ClN2O3S. The van der Waals surface area contributed by atoms with Crippen molar-refractivity contribution in [3.05, 3.63) is 51.5 Å². The molecule has 0 atom stereocenters. The average molecular weight is 311 g/mol. The Bertz CT molecular complexity index is 664. The second-order valence-electron chi connectivity index (χ2n) is 3.87. The third kappa shape index (κ3) is 3.15. The molecule has 0 saturated carbocycles. The highest BCUT2D eigenvalue weighted by atomic mass is 35.5. The lowest BCUT2D eigenvalue weighted by Gasteiger charge is -2.08. The summed E-state index contributed by atoms with van der Waals surface area (Å²) in [6.07, 6.45) is 0.